The van der Waals surface area contributed by atoms with Crippen molar-refractivity contribution in [1.82, 2.24) is 15.1 Å². The molecule has 3 rings (SSSR count). The molecule has 128 valence electrons. The fraction of sp³-hybridized carbons (Fsp3) is 0.778. The summed E-state index contributed by atoms with van der Waals surface area (Å²) in [7, 11) is 0. The van der Waals surface area contributed by atoms with Crippen LogP contribution in [0.5, 0.6) is 0 Å². The normalized spacial score (nSPS) is 28.0. The maximum atomic E-state index is 13.1. The van der Waals surface area contributed by atoms with Gasteiger partial charge in [-0.2, -0.15) is 10.2 Å². The molecule has 1 aromatic heterocycles. The van der Waals surface area contributed by atoms with E-state index in [0.29, 0.717) is 29.5 Å². The topological polar surface area (TPSA) is 29.0 Å². The molecule has 2 unspecified atom stereocenters. The first-order valence-corrected chi connectivity index (χ1v) is 8.86. The molecular formula is C18H27F2N3. The van der Waals surface area contributed by atoms with Crippen LogP contribution < -0.4 is 0 Å². The fourth-order valence-electron chi connectivity index (χ4n) is 4.85. The molecule has 5 heteroatoms. The molecular weight excluding hydrogens is 296 g/mol. The second kappa shape index (κ2) is 6.80. The third kappa shape index (κ3) is 3.39. The number of fused-ring (bicyclic) bond motifs is 1. The molecule has 23 heavy (non-hydrogen) atoms. The van der Waals surface area contributed by atoms with Gasteiger partial charge in [0, 0.05) is 17.1 Å². The second-order valence-corrected chi connectivity index (χ2v) is 7.62. The van der Waals surface area contributed by atoms with Crippen molar-refractivity contribution >= 4 is 0 Å². The minimum Gasteiger partial charge on any atom is -0.295 e. The molecule has 0 radical (unpaired) electrons. The van der Waals surface area contributed by atoms with Crippen LogP contribution in [0.4, 0.5) is 8.78 Å². The van der Waals surface area contributed by atoms with E-state index in [1.54, 1.807) is 0 Å². The Morgan fingerprint density at radius 2 is 2.04 bits per heavy atom. The van der Waals surface area contributed by atoms with Crippen LogP contribution in [-0.2, 0) is 6.42 Å². The van der Waals surface area contributed by atoms with Crippen molar-refractivity contribution in [1.29, 1.82) is 0 Å². The lowest BCUT2D eigenvalue weighted by Gasteiger charge is -2.36. The van der Waals surface area contributed by atoms with E-state index in [1.165, 1.54) is 51.0 Å². The molecule has 0 N–H and O–H groups in total. The Bertz CT molecular complexity index is 535. The van der Waals surface area contributed by atoms with Crippen molar-refractivity contribution in [2.75, 3.05) is 6.54 Å². The molecule has 1 aromatic rings. The van der Waals surface area contributed by atoms with Gasteiger partial charge in [-0.1, -0.05) is 13.8 Å². The van der Waals surface area contributed by atoms with Crippen molar-refractivity contribution in [2.24, 2.45) is 5.92 Å². The molecule has 0 saturated carbocycles. The van der Waals surface area contributed by atoms with Gasteiger partial charge in [0.2, 0.25) is 0 Å². The zero-order valence-electron chi connectivity index (χ0n) is 14.1. The van der Waals surface area contributed by atoms with Crippen LogP contribution in [0, 0.1) is 5.92 Å². The Balaban J connectivity index is 1.66. The van der Waals surface area contributed by atoms with Crippen LogP contribution in [0.25, 0.3) is 0 Å². The second-order valence-electron chi connectivity index (χ2n) is 7.62. The van der Waals surface area contributed by atoms with E-state index in [0.717, 1.165) is 6.42 Å². The summed E-state index contributed by atoms with van der Waals surface area (Å²) in [4.78, 5) is 2.70. The van der Waals surface area contributed by atoms with Crippen LogP contribution in [-0.4, -0.2) is 33.2 Å². The number of alkyl halides is 2. The van der Waals surface area contributed by atoms with E-state index in [9.17, 15) is 8.78 Å². The van der Waals surface area contributed by atoms with Gasteiger partial charge >= 0.3 is 0 Å². The van der Waals surface area contributed by atoms with E-state index >= 15 is 0 Å². The molecule has 2 aliphatic rings. The largest absolute Gasteiger partial charge is 0.295 e. The van der Waals surface area contributed by atoms with Gasteiger partial charge in [-0.25, -0.2) is 8.78 Å². The average molecular weight is 323 g/mol. The molecule has 2 saturated heterocycles. The SMILES string of the molecule is CC(C)CC12CCCN1C(CCc1cnncc1C(F)F)CC2. The molecule has 0 bridgehead atoms. The summed E-state index contributed by atoms with van der Waals surface area (Å²) in [5.74, 6) is 0.712. The Labute approximate surface area is 137 Å². The summed E-state index contributed by atoms with van der Waals surface area (Å²) < 4.78 is 26.1. The molecule has 2 aliphatic heterocycles. The number of nitrogens with zero attached hydrogens (tertiary/aromatic N) is 3. The number of halogens is 2. The van der Waals surface area contributed by atoms with E-state index < -0.39 is 6.43 Å². The summed E-state index contributed by atoms with van der Waals surface area (Å²) in [5.41, 5.74) is 1.10. The molecule has 0 spiro atoms. The molecule has 0 aromatic carbocycles. The minimum atomic E-state index is -2.46. The number of rotatable bonds is 6. The summed E-state index contributed by atoms with van der Waals surface area (Å²) >= 11 is 0. The summed E-state index contributed by atoms with van der Waals surface area (Å²) in [6.45, 7) is 5.78. The van der Waals surface area contributed by atoms with Gasteiger partial charge in [0.1, 0.15) is 0 Å². The number of aromatic nitrogens is 2. The fourth-order valence-corrected chi connectivity index (χ4v) is 4.85. The predicted octanol–water partition coefficient (Wildman–Crippen LogP) is 4.39. The van der Waals surface area contributed by atoms with Crippen molar-refractivity contribution in [3.05, 3.63) is 23.5 Å². The lowest BCUT2D eigenvalue weighted by atomic mass is 9.85. The zero-order chi connectivity index (χ0) is 16.4. The third-order valence-electron chi connectivity index (χ3n) is 5.65. The third-order valence-corrected chi connectivity index (χ3v) is 5.65. The van der Waals surface area contributed by atoms with Crippen molar-refractivity contribution in [3.8, 4) is 0 Å². The highest BCUT2D eigenvalue weighted by atomic mass is 19.3. The Morgan fingerprint density at radius 3 is 2.78 bits per heavy atom. The maximum absolute atomic E-state index is 13.1. The highest BCUT2D eigenvalue weighted by Crippen LogP contribution is 2.47. The lowest BCUT2D eigenvalue weighted by molar-refractivity contribution is 0.121. The van der Waals surface area contributed by atoms with Crippen LogP contribution >= 0.6 is 0 Å². The predicted molar refractivity (Wildman–Crippen MR) is 86.5 cm³/mol. The van der Waals surface area contributed by atoms with Crippen molar-refractivity contribution < 1.29 is 8.78 Å². The van der Waals surface area contributed by atoms with E-state index in [-0.39, 0.29) is 5.56 Å². The van der Waals surface area contributed by atoms with Gasteiger partial charge < -0.3 is 0 Å². The summed E-state index contributed by atoms with van der Waals surface area (Å²) in [6.07, 6.45) is 8.22. The monoisotopic (exact) mass is 323 g/mol. The van der Waals surface area contributed by atoms with E-state index in [2.05, 4.69) is 28.9 Å². The van der Waals surface area contributed by atoms with Crippen molar-refractivity contribution in [2.45, 2.75) is 76.8 Å². The van der Waals surface area contributed by atoms with Gasteiger partial charge in [0.15, 0.2) is 0 Å². The van der Waals surface area contributed by atoms with E-state index in [4.69, 9.17) is 0 Å². The van der Waals surface area contributed by atoms with Crippen LogP contribution in [0.3, 0.4) is 0 Å². The minimum absolute atomic E-state index is 0.0489. The zero-order valence-corrected chi connectivity index (χ0v) is 14.1. The maximum Gasteiger partial charge on any atom is 0.265 e. The highest BCUT2D eigenvalue weighted by molar-refractivity contribution is 5.22. The average Bonchev–Trinajstić information content (AvgIpc) is 3.03. The standard InChI is InChI=1S/C18H27F2N3/c1-13(2)10-18-7-3-9-23(18)15(6-8-18)5-4-14-11-21-22-12-16(14)17(19)20/h11-13,15,17H,3-10H2,1-2H3. The van der Waals surface area contributed by atoms with Gasteiger partial charge in [-0.15, -0.1) is 0 Å². The van der Waals surface area contributed by atoms with Gasteiger partial charge in [-0.3, -0.25) is 4.90 Å². The smallest absolute Gasteiger partial charge is 0.265 e. The summed E-state index contributed by atoms with van der Waals surface area (Å²) in [5, 5.41) is 7.40. The van der Waals surface area contributed by atoms with Crippen LogP contribution in [0.2, 0.25) is 0 Å². The van der Waals surface area contributed by atoms with Crippen molar-refractivity contribution in [3.63, 3.8) is 0 Å². The van der Waals surface area contributed by atoms with E-state index in [1.807, 2.05) is 0 Å². The molecule has 0 aliphatic carbocycles. The Morgan fingerprint density at radius 1 is 1.26 bits per heavy atom. The van der Waals surface area contributed by atoms with Gasteiger partial charge in [-0.05, 0) is 63.0 Å². The first-order chi connectivity index (χ1) is 11.0. The summed E-state index contributed by atoms with van der Waals surface area (Å²) in [6, 6.07) is 0.537. The molecule has 3 nitrogen and oxygen atoms in total. The van der Waals surface area contributed by atoms with Crippen LogP contribution in [0.1, 0.15) is 69.9 Å². The molecule has 2 atom stereocenters. The van der Waals surface area contributed by atoms with Gasteiger partial charge in [0.05, 0.1) is 12.4 Å². The molecule has 2 fully saturated rings. The Hall–Kier alpha value is -1.10. The quantitative estimate of drug-likeness (QED) is 0.777. The molecule has 3 heterocycles. The number of hydrogen-bond donors (Lipinski definition) is 0. The number of hydrogen-bond acceptors (Lipinski definition) is 3. The van der Waals surface area contributed by atoms with Crippen LogP contribution in [0.15, 0.2) is 12.4 Å². The number of aryl methyl sites for hydroxylation is 1. The molecule has 0 amide bonds. The first-order valence-electron chi connectivity index (χ1n) is 8.86. The lowest BCUT2D eigenvalue weighted by Crippen LogP contribution is -2.43. The van der Waals surface area contributed by atoms with Gasteiger partial charge in [0.25, 0.3) is 6.43 Å². The first kappa shape index (κ1) is 16.7. The highest BCUT2D eigenvalue weighted by Gasteiger charge is 2.48. The Kier molecular flexibility index (Phi) is 4.95.